The number of imidazole rings is 1. The van der Waals surface area contributed by atoms with Crippen LogP contribution in [0.1, 0.15) is 40.8 Å². The quantitative estimate of drug-likeness (QED) is 0.167. The summed E-state index contributed by atoms with van der Waals surface area (Å²) in [4.78, 5) is 18.1. The number of hydrogen-bond acceptors (Lipinski definition) is 5. The third-order valence-electron chi connectivity index (χ3n) is 8.49. The molecule has 1 amide bonds. The molecule has 0 radical (unpaired) electrons. The summed E-state index contributed by atoms with van der Waals surface area (Å²) in [7, 11) is -3.64. The van der Waals surface area contributed by atoms with E-state index in [0.717, 1.165) is 27.9 Å². The van der Waals surface area contributed by atoms with Crippen LogP contribution in [0.5, 0.6) is 0 Å². The van der Waals surface area contributed by atoms with Crippen molar-refractivity contribution >= 4 is 27.9 Å². The zero-order valence-corrected chi connectivity index (χ0v) is 27.5. The van der Waals surface area contributed by atoms with Gasteiger partial charge in [0.25, 0.3) is 0 Å². The summed E-state index contributed by atoms with van der Waals surface area (Å²) in [6, 6.07) is 38.4. The lowest BCUT2D eigenvalue weighted by atomic mass is 9.84. The third-order valence-corrected chi connectivity index (χ3v) is 11.8. The first kappa shape index (κ1) is 31.8. The number of aryl methyl sites for hydroxylation is 1. The Kier molecular flexibility index (Phi) is 9.72. The number of nitrogens with one attached hydrogen (secondary N) is 1. The summed E-state index contributed by atoms with van der Waals surface area (Å²) < 4.78 is 29.4. The molecule has 1 aliphatic rings. The van der Waals surface area contributed by atoms with Crippen molar-refractivity contribution in [3.63, 3.8) is 0 Å². The Morgan fingerprint density at radius 2 is 1.43 bits per heavy atom. The van der Waals surface area contributed by atoms with Gasteiger partial charge in [0, 0.05) is 32.3 Å². The maximum atomic E-state index is 13.2. The first-order valence-corrected chi connectivity index (χ1v) is 17.8. The second kappa shape index (κ2) is 14.1. The Morgan fingerprint density at radius 1 is 0.870 bits per heavy atom. The van der Waals surface area contributed by atoms with Crippen molar-refractivity contribution in [2.24, 2.45) is 5.92 Å². The Labute approximate surface area is 275 Å². The molecule has 7 nitrogen and oxygen atoms in total. The van der Waals surface area contributed by atoms with Gasteiger partial charge in [0.2, 0.25) is 15.9 Å². The Balaban J connectivity index is 1.13. The van der Waals surface area contributed by atoms with Gasteiger partial charge >= 0.3 is 0 Å². The fraction of sp³-hybridized carbons (Fsp3) is 0.243. The van der Waals surface area contributed by atoms with Gasteiger partial charge in [0.1, 0.15) is 11.1 Å². The van der Waals surface area contributed by atoms with E-state index in [9.17, 15) is 13.2 Å². The third kappa shape index (κ3) is 6.82. The zero-order valence-electron chi connectivity index (χ0n) is 25.8. The van der Waals surface area contributed by atoms with E-state index in [1.165, 1.54) is 4.31 Å². The molecule has 46 heavy (non-hydrogen) atoms. The van der Waals surface area contributed by atoms with Gasteiger partial charge in [-0.3, -0.25) is 8.77 Å². The maximum Gasteiger partial charge on any atom is 0.243 e. The van der Waals surface area contributed by atoms with Crippen molar-refractivity contribution in [2.75, 3.05) is 19.6 Å². The number of hydrogen-bond donors (Lipinski definition) is 1. The normalized spacial score (nSPS) is 15.8. The van der Waals surface area contributed by atoms with Crippen LogP contribution in [0.15, 0.2) is 133 Å². The maximum absolute atomic E-state index is 13.2. The van der Waals surface area contributed by atoms with Crippen molar-refractivity contribution < 1.29 is 13.2 Å². The van der Waals surface area contributed by atoms with E-state index in [0.29, 0.717) is 32.4 Å². The minimum atomic E-state index is -3.64. The van der Waals surface area contributed by atoms with E-state index in [4.69, 9.17) is 0 Å². The van der Waals surface area contributed by atoms with Crippen LogP contribution in [0.3, 0.4) is 0 Å². The largest absolute Gasteiger partial charge is 0.355 e. The minimum absolute atomic E-state index is 0.117. The van der Waals surface area contributed by atoms with Crippen LogP contribution in [0, 0.1) is 12.8 Å². The van der Waals surface area contributed by atoms with Crippen LogP contribution in [-0.4, -0.2) is 47.2 Å². The Morgan fingerprint density at radius 3 is 2.00 bits per heavy atom. The Bertz CT molecular complexity index is 1750. The van der Waals surface area contributed by atoms with Gasteiger partial charge in [0.15, 0.2) is 0 Å². The number of aromatic nitrogens is 2. The molecule has 1 saturated heterocycles. The van der Waals surface area contributed by atoms with Crippen LogP contribution in [0.25, 0.3) is 0 Å². The lowest BCUT2D eigenvalue weighted by Gasteiger charge is -2.35. The molecule has 0 spiro atoms. The number of carbonyl (C=O) groups is 1. The van der Waals surface area contributed by atoms with E-state index in [1.807, 2.05) is 37.6 Å². The van der Waals surface area contributed by atoms with E-state index in [2.05, 4.69) is 87.1 Å². The molecule has 6 rings (SSSR count). The van der Waals surface area contributed by atoms with E-state index < -0.39 is 14.8 Å². The highest BCUT2D eigenvalue weighted by atomic mass is 32.2. The SMILES string of the molecule is Cc1ccc(S(=O)(=O)N2CCCC(C(=O)NCCc3cn(SC(c4ccccc4)(c4ccccc4)c4ccccc4)cn3)C2)cc1. The summed E-state index contributed by atoms with van der Waals surface area (Å²) >= 11 is 1.68. The summed E-state index contributed by atoms with van der Waals surface area (Å²) in [5.41, 5.74) is 5.34. The molecule has 0 bridgehead atoms. The monoisotopic (exact) mass is 650 g/mol. The van der Waals surface area contributed by atoms with Gasteiger partial charge in [0.05, 0.1) is 16.5 Å². The molecule has 1 aromatic heterocycles. The molecule has 5 aromatic rings. The number of benzene rings is 4. The molecule has 0 saturated carbocycles. The van der Waals surface area contributed by atoms with E-state index >= 15 is 0 Å². The van der Waals surface area contributed by atoms with Gasteiger partial charge in [-0.05, 0) is 60.5 Å². The number of nitrogens with zero attached hydrogens (tertiary/aromatic N) is 3. The predicted molar refractivity (Wildman–Crippen MR) is 184 cm³/mol. The molecular formula is C37H38N4O3S2. The first-order valence-electron chi connectivity index (χ1n) is 15.6. The number of rotatable bonds is 11. The average molecular weight is 651 g/mol. The fourth-order valence-electron chi connectivity index (χ4n) is 6.05. The van der Waals surface area contributed by atoms with Crippen LogP contribution >= 0.6 is 11.9 Å². The van der Waals surface area contributed by atoms with Gasteiger partial charge in [-0.1, -0.05) is 109 Å². The molecule has 1 unspecified atom stereocenters. The molecule has 1 aliphatic heterocycles. The van der Waals surface area contributed by atoms with E-state index in [1.54, 1.807) is 36.2 Å². The molecular weight excluding hydrogens is 613 g/mol. The van der Waals surface area contributed by atoms with Crippen molar-refractivity contribution in [3.05, 3.63) is 156 Å². The van der Waals surface area contributed by atoms with Crippen molar-refractivity contribution in [1.29, 1.82) is 0 Å². The molecule has 9 heteroatoms. The minimum Gasteiger partial charge on any atom is -0.355 e. The Hall–Kier alpha value is -4.18. The first-order chi connectivity index (χ1) is 22.4. The smallest absolute Gasteiger partial charge is 0.243 e. The highest BCUT2D eigenvalue weighted by molar-refractivity contribution is 7.99. The van der Waals surface area contributed by atoms with E-state index in [-0.39, 0.29) is 23.3 Å². The standard InChI is InChI=1S/C37H38N4O3S2/c1-29-19-21-35(22-20-29)46(43,44)41-25-11-12-30(26-41)36(42)38-24-23-34-27-40(28-39-34)45-37(31-13-5-2-6-14-31,32-15-7-3-8-16-32)33-17-9-4-10-18-33/h2-10,13-22,27-28,30H,11-12,23-26H2,1H3,(H,38,42). The molecule has 1 N–H and O–H groups in total. The number of carbonyl (C=O) groups excluding carboxylic acids is 1. The van der Waals surface area contributed by atoms with Crippen LogP contribution in [0.4, 0.5) is 0 Å². The number of piperidine rings is 1. The summed E-state index contributed by atoms with van der Waals surface area (Å²) in [6.45, 7) is 2.95. The molecule has 1 fully saturated rings. The molecule has 2 heterocycles. The highest BCUT2D eigenvalue weighted by Gasteiger charge is 2.38. The van der Waals surface area contributed by atoms with Crippen molar-refractivity contribution in [1.82, 2.24) is 18.6 Å². The molecule has 0 aliphatic carbocycles. The summed E-state index contributed by atoms with van der Waals surface area (Å²) in [6.07, 6.45) is 5.73. The second-order valence-corrected chi connectivity index (χ2v) is 14.8. The van der Waals surface area contributed by atoms with Crippen molar-refractivity contribution in [3.8, 4) is 0 Å². The van der Waals surface area contributed by atoms with Gasteiger partial charge in [-0.2, -0.15) is 4.31 Å². The van der Waals surface area contributed by atoms with Gasteiger partial charge < -0.3 is 5.32 Å². The number of amides is 1. The van der Waals surface area contributed by atoms with Gasteiger partial charge in [-0.15, -0.1) is 0 Å². The topological polar surface area (TPSA) is 84.3 Å². The van der Waals surface area contributed by atoms with Crippen molar-refractivity contribution in [2.45, 2.75) is 35.8 Å². The number of sulfonamides is 1. The van der Waals surface area contributed by atoms with Gasteiger partial charge in [-0.25, -0.2) is 13.4 Å². The summed E-state index contributed by atoms with van der Waals surface area (Å²) in [5.74, 6) is -0.501. The molecule has 1 atom stereocenters. The predicted octanol–water partition coefficient (Wildman–Crippen LogP) is 6.44. The lowest BCUT2D eigenvalue weighted by molar-refractivity contribution is -0.126. The summed E-state index contributed by atoms with van der Waals surface area (Å²) in [5, 5.41) is 3.04. The zero-order chi connectivity index (χ0) is 32.0. The average Bonchev–Trinajstić information content (AvgIpc) is 3.55. The highest BCUT2D eigenvalue weighted by Crippen LogP contribution is 2.48. The molecule has 236 valence electrons. The lowest BCUT2D eigenvalue weighted by Crippen LogP contribution is -2.45. The second-order valence-electron chi connectivity index (χ2n) is 11.7. The molecule has 4 aromatic carbocycles. The van der Waals surface area contributed by atoms with Crippen LogP contribution < -0.4 is 5.32 Å². The van der Waals surface area contributed by atoms with Crippen LogP contribution in [0.2, 0.25) is 0 Å². The van der Waals surface area contributed by atoms with Crippen LogP contribution in [-0.2, 0) is 26.0 Å². The fourth-order valence-corrected chi connectivity index (χ4v) is 8.88.